The Kier molecular flexibility index (Phi) is 4.29. The van der Waals surface area contributed by atoms with Gasteiger partial charge in [0.2, 0.25) is 5.91 Å². The van der Waals surface area contributed by atoms with E-state index in [9.17, 15) is 4.79 Å². The van der Waals surface area contributed by atoms with Crippen molar-refractivity contribution in [1.82, 2.24) is 5.32 Å². The Morgan fingerprint density at radius 1 is 1.41 bits per heavy atom. The van der Waals surface area contributed by atoms with Crippen LogP contribution in [0.2, 0.25) is 5.02 Å². The first-order valence-corrected chi connectivity index (χ1v) is 6.83. The number of hydrogen-bond acceptors (Lipinski definition) is 2. The van der Waals surface area contributed by atoms with Gasteiger partial charge in [0, 0.05) is 16.7 Å². The van der Waals surface area contributed by atoms with Crippen molar-refractivity contribution in [2.75, 3.05) is 11.9 Å². The molecule has 3 nitrogen and oxygen atoms in total. The number of carbonyl (C=O) groups is 1. The molecule has 1 aromatic rings. The van der Waals surface area contributed by atoms with Crippen molar-refractivity contribution in [3.8, 4) is 0 Å². The molecule has 92 valence electrons. The fourth-order valence-electron chi connectivity index (χ4n) is 1.86. The van der Waals surface area contributed by atoms with Gasteiger partial charge in [0.1, 0.15) is 6.04 Å². The molecule has 1 aliphatic heterocycles. The highest BCUT2D eigenvalue weighted by Gasteiger charge is 2.20. The second kappa shape index (κ2) is 5.74. The van der Waals surface area contributed by atoms with E-state index in [2.05, 4.69) is 26.6 Å². The molecule has 1 aromatic carbocycles. The van der Waals surface area contributed by atoms with Crippen molar-refractivity contribution < 1.29 is 4.79 Å². The Labute approximate surface area is 114 Å². The number of carbonyl (C=O) groups excluding carboxylic acids is 1. The number of halogens is 2. The molecular formula is C12H14BrClN2O. The van der Waals surface area contributed by atoms with E-state index in [1.165, 1.54) is 0 Å². The van der Waals surface area contributed by atoms with Crippen LogP contribution in [0.25, 0.3) is 0 Å². The highest BCUT2D eigenvalue weighted by atomic mass is 79.9. The minimum Gasteiger partial charge on any atom is -0.374 e. The molecule has 0 saturated carbocycles. The Hall–Kier alpha value is -0.740. The van der Waals surface area contributed by atoms with Gasteiger partial charge in [0.15, 0.2) is 0 Å². The smallest absolute Gasteiger partial charge is 0.242 e. The maximum atomic E-state index is 11.8. The second-order valence-corrected chi connectivity index (χ2v) is 5.37. The van der Waals surface area contributed by atoms with Crippen molar-refractivity contribution in [2.24, 2.45) is 0 Å². The molecule has 0 bridgehead atoms. The third kappa shape index (κ3) is 3.36. The van der Waals surface area contributed by atoms with Gasteiger partial charge in [-0.2, -0.15) is 0 Å². The summed E-state index contributed by atoms with van der Waals surface area (Å²) in [7, 11) is 0. The molecule has 17 heavy (non-hydrogen) atoms. The number of anilines is 1. The zero-order valence-electron chi connectivity index (χ0n) is 9.30. The summed E-state index contributed by atoms with van der Waals surface area (Å²) in [5, 5.41) is 6.81. The number of rotatable bonds is 2. The molecule has 1 unspecified atom stereocenters. The summed E-state index contributed by atoms with van der Waals surface area (Å²) in [6.07, 6.45) is 2.98. The maximum absolute atomic E-state index is 11.8. The molecule has 1 fully saturated rings. The average Bonchev–Trinajstić information content (AvgIpc) is 2.50. The van der Waals surface area contributed by atoms with E-state index >= 15 is 0 Å². The fourth-order valence-corrected chi connectivity index (χ4v) is 2.36. The van der Waals surface area contributed by atoms with Crippen LogP contribution in [0, 0.1) is 0 Å². The highest BCUT2D eigenvalue weighted by Crippen LogP contribution is 2.26. The molecular weight excluding hydrogens is 304 g/mol. The molecule has 0 radical (unpaired) electrons. The van der Waals surface area contributed by atoms with Crippen molar-refractivity contribution in [3.05, 3.63) is 27.7 Å². The highest BCUT2D eigenvalue weighted by molar-refractivity contribution is 9.10. The summed E-state index contributed by atoms with van der Waals surface area (Å²) in [6, 6.07) is 5.43. The lowest BCUT2D eigenvalue weighted by atomic mass is 10.1. The van der Waals surface area contributed by atoms with E-state index in [0.29, 0.717) is 5.02 Å². The minimum atomic E-state index is -0.148. The molecule has 1 aliphatic rings. The summed E-state index contributed by atoms with van der Waals surface area (Å²) in [5.74, 6) is 0.0774. The van der Waals surface area contributed by atoms with Crippen LogP contribution in [0.4, 0.5) is 5.69 Å². The Bertz CT molecular complexity index is 425. The maximum Gasteiger partial charge on any atom is 0.242 e. The van der Waals surface area contributed by atoms with E-state index in [0.717, 1.165) is 36.0 Å². The third-order valence-electron chi connectivity index (χ3n) is 2.80. The third-order valence-corrected chi connectivity index (χ3v) is 4.01. The predicted molar refractivity (Wildman–Crippen MR) is 73.4 cm³/mol. The van der Waals surface area contributed by atoms with Crippen LogP contribution in [0.1, 0.15) is 19.3 Å². The summed E-state index contributed by atoms with van der Waals surface area (Å²) in [5.41, 5.74) is 0.906. The van der Waals surface area contributed by atoms with Gasteiger partial charge in [0.25, 0.3) is 0 Å². The monoisotopic (exact) mass is 316 g/mol. The van der Waals surface area contributed by atoms with Crippen LogP contribution in [0.5, 0.6) is 0 Å². The Morgan fingerprint density at radius 3 is 3.00 bits per heavy atom. The molecule has 0 aromatic heterocycles. The molecule has 5 heteroatoms. The molecule has 1 heterocycles. The Balaban J connectivity index is 2.08. The Morgan fingerprint density at radius 2 is 2.24 bits per heavy atom. The second-order valence-electron chi connectivity index (χ2n) is 4.11. The summed E-state index contributed by atoms with van der Waals surface area (Å²) >= 11 is 9.29. The first kappa shape index (κ1) is 12.7. The average molecular weight is 318 g/mol. The quantitative estimate of drug-likeness (QED) is 0.879. The number of benzene rings is 1. The van der Waals surface area contributed by atoms with Gasteiger partial charge >= 0.3 is 0 Å². The predicted octanol–water partition coefficient (Wildman–Crippen LogP) is 3.18. The van der Waals surface area contributed by atoms with Crippen molar-refractivity contribution >= 4 is 39.1 Å². The van der Waals surface area contributed by atoms with E-state index in [1.807, 2.05) is 18.2 Å². The lowest BCUT2D eigenvalue weighted by Gasteiger charge is -2.16. The number of amides is 1. The van der Waals surface area contributed by atoms with Crippen molar-refractivity contribution in [3.63, 3.8) is 0 Å². The van der Waals surface area contributed by atoms with Crippen LogP contribution in [-0.2, 0) is 4.79 Å². The normalized spacial score (nSPS) is 20.6. The van der Waals surface area contributed by atoms with Gasteiger partial charge in [0.05, 0.1) is 5.02 Å². The van der Waals surface area contributed by atoms with Crippen LogP contribution < -0.4 is 10.6 Å². The largest absolute Gasteiger partial charge is 0.374 e. The topological polar surface area (TPSA) is 41.1 Å². The first-order valence-electron chi connectivity index (χ1n) is 5.66. The standard InChI is InChI=1S/C12H14BrClN2O/c13-9-7-8(4-5-10(9)14)16-11-3-1-2-6-15-12(11)17/h4-5,7,11,16H,1-3,6H2,(H,15,17). The van der Waals surface area contributed by atoms with Gasteiger partial charge in [-0.25, -0.2) is 0 Å². The summed E-state index contributed by atoms with van der Waals surface area (Å²) in [4.78, 5) is 11.8. The minimum absolute atomic E-state index is 0.0774. The molecule has 0 spiro atoms. The molecule has 2 rings (SSSR count). The van der Waals surface area contributed by atoms with Gasteiger partial charge in [-0.15, -0.1) is 0 Å². The number of hydrogen-bond donors (Lipinski definition) is 2. The van der Waals surface area contributed by atoms with Gasteiger partial charge < -0.3 is 10.6 Å². The molecule has 2 N–H and O–H groups in total. The lowest BCUT2D eigenvalue weighted by molar-refractivity contribution is -0.121. The molecule has 1 amide bonds. The van der Waals surface area contributed by atoms with E-state index in [1.54, 1.807) is 0 Å². The van der Waals surface area contributed by atoms with Gasteiger partial charge in [-0.05, 0) is 53.4 Å². The van der Waals surface area contributed by atoms with Crippen LogP contribution in [-0.4, -0.2) is 18.5 Å². The van der Waals surface area contributed by atoms with Gasteiger partial charge in [-0.3, -0.25) is 4.79 Å². The zero-order valence-corrected chi connectivity index (χ0v) is 11.6. The number of nitrogens with one attached hydrogen (secondary N) is 2. The summed E-state index contributed by atoms with van der Waals surface area (Å²) < 4.78 is 0.832. The molecule has 0 aliphatic carbocycles. The van der Waals surface area contributed by atoms with E-state index < -0.39 is 0 Å². The van der Waals surface area contributed by atoms with E-state index in [4.69, 9.17) is 11.6 Å². The van der Waals surface area contributed by atoms with Crippen LogP contribution in [0.3, 0.4) is 0 Å². The SMILES string of the molecule is O=C1NCCCCC1Nc1ccc(Cl)c(Br)c1. The van der Waals surface area contributed by atoms with Crippen molar-refractivity contribution in [1.29, 1.82) is 0 Å². The van der Waals surface area contributed by atoms with Crippen LogP contribution in [0.15, 0.2) is 22.7 Å². The van der Waals surface area contributed by atoms with E-state index in [-0.39, 0.29) is 11.9 Å². The van der Waals surface area contributed by atoms with Crippen LogP contribution >= 0.6 is 27.5 Å². The summed E-state index contributed by atoms with van der Waals surface area (Å²) in [6.45, 7) is 0.779. The van der Waals surface area contributed by atoms with Gasteiger partial charge in [-0.1, -0.05) is 11.6 Å². The molecule has 1 atom stereocenters. The first-order chi connectivity index (χ1) is 8.16. The van der Waals surface area contributed by atoms with Crippen molar-refractivity contribution in [2.45, 2.75) is 25.3 Å². The fraction of sp³-hybridized carbons (Fsp3) is 0.417. The molecule has 1 saturated heterocycles. The zero-order chi connectivity index (χ0) is 12.3. The lowest BCUT2D eigenvalue weighted by Crippen LogP contribution is -2.37.